The van der Waals surface area contributed by atoms with Crippen molar-refractivity contribution in [1.82, 2.24) is 14.5 Å². The third-order valence-electron chi connectivity index (χ3n) is 3.31. The van der Waals surface area contributed by atoms with Crippen LogP contribution in [0.4, 0.5) is 5.69 Å². The molecule has 1 N–H and O–H groups in total. The molecule has 1 aromatic carbocycles. The van der Waals surface area contributed by atoms with Gasteiger partial charge in [-0.05, 0) is 37.6 Å². The first-order chi connectivity index (χ1) is 9.78. The molecular formula is C16H18N4. The van der Waals surface area contributed by atoms with Crippen LogP contribution < -0.4 is 5.32 Å². The summed E-state index contributed by atoms with van der Waals surface area (Å²) >= 11 is 0. The standard InChI is InChI=1S/C16H18N4/c1-3-7-17-14-4-5-16-13(9-14)6-8-20(16)15-10-18-12(2)19-11-15/h4-6,8-11,17H,3,7H2,1-2H3. The van der Waals surface area contributed by atoms with E-state index in [-0.39, 0.29) is 0 Å². The number of aryl methyl sites for hydroxylation is 1. The monoisotopic (exact) mass is 266 g/mol. The average Bonchev–Trinajstić information content (AvgIpc) is 2.89. The number of aromatic nitrogens is 3. The van der Waals surface area contributed by atoms with E-state index in [2.05, 4.69) is 57.2 Å². The predicted molar refractivity (Wildman–Crippen MR) is 82.4 cm³/mol. The molecule has 0 fully saturated rings. The summed E-state index contributed by atoms with van der Waals surface area (Å²) in [5.41, 5.74) is 3.32. The number of hydrogen-bond acceptors (Lipinski definition) is 3. The molecule has 0 bridgehead atoms. The molecule has 4 nitrogen and oxygen atoms in total. The van der Waals surface area contributed by atoms with E-state index in [0.29, 0.717) is 0 Å². The van der Waals surface area contributed by atoms with Gasteiger partial charge in [-0.3, -0.25) is 0 Å². The smallest absolute Gasteiger partial charge is 0.125 e. The largest absolute Gasteiger partial charge is 0.385 e. The predicted octanol–water partition coefficient (Wildman–Crippen LogP) is 3.55. The lowest BCUT2D eigenvalue weighted by Gasteiger charge is -2.07. The molecule has 20 heavy (non-hydrogen) atoms. The maximum atomic E-state index is 4.26. The first kappa shape index (κ1) is 12.7. The fourth-order valence-corrected chi connectivity index (χ4v) is 2.26. The van der Waals surface area contributed by atoms with Crippen molar-refractivity contribution >= 4 is 16.6 Å². The van der Waals surface area contributed by atoms with Crippen molar-refractivity contribution in [3.63, 3.8) is 0 Å². The molecule has 0 aliphatic carbocycles. The lowest BCUT2D eigenvalue weighted by atomic mass is 10.2. The van der Waals surface area contributed by atoms with Crippen molar-refractivity contribution in [3.05, 3.63) is 48.7 Å². The van der Waals surface area contributed by atoms with Gasteiger partial charge in [0.2, 0.25) is 0 Å². The first-order valence-corrected chi connectivity index (χ1v) is 6.92. The van der Waals surface area contributed by atoms with Crippen LogP contribution in [0.1, 0.15) is 19.2 Å². The number of benzene rings is 1. The van der Waals surface area contributed by atoms with Crippen LogP contribution in [0.2, 0.25) is 0 Å². The summed E-state index contributed by atoms with van der Waals surface area (Å²) in [5, 5.41) is 4.62. The number of hydrogen-bond donors (Lipinski definition) is 1. The minimum Gasteiger partial charge on any atom is -0.385 e. The zero-order chi connectivity index (χ0) is 13.9. The number of anilines is 1. The molecule has 0 radical (unpaired) electrons. The van der Waals surface area contributed by atoms with Crippen molar-refractivity contribution in [2.75, 3.05) is 11.9 Å². The molecule has 0 spiro atoms. The highest BCUT2D eigenvalue weighted by Crippen LogP contribution is 2.23. The van der Waals surface area contributed by atoms with Crippen LogP contribution in [0, 0.1) is 6.92 Å². The van der Waals surface area contributed by atoms with E-state index in [1.807, 2.05) is 19.3 Å². The van der Waals surface area contributed by atoms with Crippen LogP contribution in [0.15, 0.2) is 42.9 Å². The van der Waals surface area contributed by atoms with Gasteiger partial charge in [0.05, 0.1) is 23.6 Å². The minimum atomic E-state index is 0.788. The van der Waals surface area contributed by atoms with E-state index in [0.717, 1.165) is 30.2 Å². The summed E-state index contributed by atoms with van der Waals surface area (Å²) in [5.74, 6) is 0.788. The SMILES string of the molecule is CCCNc1ccc2c(ccn2-c2cnc(C)nc2)c1. The van der Waals surface area contributed by atoms with Gasteiger partial charge in [0.25, 0.3) is 0 Å². The zero-order valence-corrected chi connectivity index (χ0v) is 11.8. The molecule has 3 aromatic rings. The van der Waals surface area contributed by atoms with Crippen LogP contribution in [0.25, 0.3) is 16.6 Å². The Morgan fingerprint density at radius 2 is 1.95 bits per heavy atom. The Hall–Kier alpha value is -2.36. The Bertz CT molecular complexity index is 713. The topological polar surface area (TPSA) is 42.7 Å². The van der Waals surface area contributed by atoms with E-state index in [9.17, 15) is 0 Å². The van der Waals surface area contributed by atoms with E-state index in [1.165, 1.54) is 10.9 Å². The molecule has 0 saturated heterocycles. The number of fused-ring (bicyclic) bond motifs is 1. The highest BCUT2D eigenvalue weighted by atomic mass is 15.0. The summed E-state index contributed by atoms with van der Waals surface area (Å²) < 4.78 is 2.11. The van der Waals surface area contributed by atoms with Gasteiger partial charge >= 0.3 is 0 Å². The van der Waals surface area contributed by atoms with Crippen molar-refractivity contribution in [2.24, 2.45) is 0 Å². The van der Waals surface area contributed by atoms with Crippen molar-refractivity contribution < 1.29 is 0 Å². The second-order valence-corrected chi connectivity index (χ2v) is 4.87. The Morgan fingerprint density at radius 1 is 1.15 bits per heavy atom. The van der Waals surface area contributed by atoms with Crippen molar-refractivity contribution in [3.8, 4) is 5.69 Å². The fraction of sp³-hybridized carbons (Fsp3) is 0.250. The van der Waals surface area contributed by atoms with Crippen LogP contribution in [-0.4, -0.2) is 21.1 Å². The van der Waals surface area contributed by atoms with E-state index in [1.54, 1.807) is 0 Å². The second kappa shape index (κ2) is 5.33. The Morgan fingerprint density at radius 3 is 2.70 bits per heavy atom. The third kappa shape index (κ3) is 2.37. The molecule has 3 rings (SSSR count). The molecule has 0 atom stereocenters. The van der Waals surface area contributed by atoms with Gasteiger partial charge in [-0.25, -0.2) is 9.97 Å². The maximum absolute atomic E-state index is 4.26. The van der Waals surface area contributed by atoms with Crippen LogP contribution in [0.5, 0.6) is 0 Å². The maximum Gasteiger partial charge on any atom is 0.125 e. The Balaban J connectivity index is 1.99. The minimum absolute atomic E-state index is 0.788. The molecule has 4 heteroatoms. The molecule has 2 heterocycles. The molecule has 102 valence electrons. The quantitative estimate of drug-likeness (QED) is 0.785. The van der Waals surface area contributed by atoms with Crippen molar-refractivity contribution in [1.29, 1.82) is 0 Å². The molecule has 0 unspecified atom stereocenters. The number of nitrogens with zero attached hydrogens (tertiary/aromatic N) is 3. The highest BCUT2D eigenvalue weighted by molar-refractivity contribution is 5.85. The van der Waals surface area contributed by atoms with Crippen LogP contribution in [0.3, 0.4) is 0 Å². The normalized spacial score (nSPS) is 10.9. The lowest BCUT2D eigenvalue weighted by Crippen LogP contribution is -1.99. The zero-order valence-electron chi connectivity index (χ0n) is 11.8. The van der Waals surface area contributed by atoms with Crippen LogP contribution >= 0.6 is 0 Å². The van der Waals surface area contributed by atoms with Gasteiger partial charge in [0.15, 0.2) is 0 Å². The summed E-state index contributed by atoms with van der Waals surface area (Å²) in [6.45, 7) is 5.06. The molecule has 0 amide bonds. The molecule has 0 saturated carbocycles. The first-order valence-electron chi connectivity index (χ1n) is 6.92. The van der Waals surface area contributed by atoms with Gasteiger partial charge in [-0.1, -0.05) is 6.92 Å². The van der Waals surface area contributed by atoms with Crippen molar-refractivity contribution in [2.45, 2.75) is 20.3 Å². The lowest BCUT2D eigenvalue weighted by molar-refractivity contribution is 0.980. The Kier molecular flexibility index (Phi) is 3.37. The second-order valence-electron chi connectivity index (χ2n) is 4.87. The van der Waals surface area contributed by atoms with E-state index >= 15 is 0 Å². The summed E-state index contributed by atoms with van der Waals surface area (Å²) in [6, 6.07) is 8.54. The third-order valence-corrected chi connectivity index (χ3v) is 3.31. The molecular weight excluding hydrogens is 248 g/mol. The van der Waals surface area contributed by atoms with Crippen LogP contribution in [-0.2, 0) is 0 Å². The van der Waals surface area contributed by atoms with E-state index in [4.69, 9.17) is 0 Å². The number of nitrogens with one attached hydrogen (secondary N) is 1. The van der Waals surface area contributed by atoms with Gasteiger partial charge in [-0.15, -0.1) is 0 Å². The van der Waals surface area contributed by atoms with E-state index < -0.39 is 0 Å². The Labute approximate surface area is 118 Å². The molecule has 2 aromatic heterocycles. The highest BCUT2D eigenvalue weighted by Gasteiger charge is 2.04. The average molecular weight is 266 g/mol. The molecule has 0 aliphatic rings. The summed E-state index contributed by atoms with van der Waals surface area (Å²) in [4.78, 5) is 8.51. The van der Waals surface area contributed by atoms with Gasteiger partial charge in [0, 0.05) is 23.8 Å². The van der Waals surface area contributed by atoms with Gasteiger partial charge in [0.1, 0.15) is 5.82 Å². The molecule has 0 aliphatic heterocycles. The fourth-order valence-electron chi connectivity index (χ4n) is 2.26. The van der Waals surface area contributed by atoms with Gasteiger partial charge in [-0.2, -0.15) is 0 Å². The number of rotatable bonds is 4. The summed E-state index contributed by atoms with van der Waals surface area (Å²) in [6.07, 6.45) is 6.89. The van der Waals surface area contributed by atoms with Gasteiger partial charge < -0.3 is 9.88 Å². The summed E-state index contributed by atoms with van der Waals surface area (Å²) in [7, 11) is 0.